The van der Waals surface area contributed by atoms with Gasteiger partial charge in [0.2, 0.25) is 5.91 Å². The molecule has 128 valence electrons. The molecule has 2 N–H and O–H groups in total. The molecule has 0 spiro atoms. The maximum Gasteiger partial charge on any atom is 0.225 e. The van der Waals surface area contributed by atoms with Crippen LogP contribution in [0, 0.1) is 25.7 Å². The number of likely N-dealkylation sites (tertiary alicyclic amines) is 1. The van der Waals surface area contributed by atoms with E-state index in [0.29, 0.717) is 11.8 Å². The maximum atomic E-state index is 12.7. The highest BCUT2D eigenvalue weighted by Crippen LogP contribution is 2.24. The van der Waals surface area contributed by atoms with Gasteiger partial charge in [-0.3, -0.25) is 4.79 Å². The lowest BCUT2D eigenvalue weighted by Gasteiger charge is -2.38. The number of hydrogen-bond donors (Lipinski definition) is 1. The summed E-state index contributed by atoms with van der Waals surface area (Å²) in [5.74, 6) is 0.928. The largest absolute Gasteiger partial charge is 0.341 e. The zero-order valence-electron chi connectivity index (χ0n) is 15.1. The lowest BCUT2D eigenvalue weighted by Crippen LogP contribution is -2.51. The number of benzene rings is 1. The van der Waals surface area contributed by atoms with Gasteiger partial charge in [-0.1, -0.05) is 32.0 Å². The van der Waals surface area contributed by atoms with E-state index < -0.39 is 0 Å². The van der Waals surface area contributed by atoms with Crippen LogP contribution in [-0.2, 0) is 11.2 Å². The number of carbonyl (C=O) groups is 1. The predicted molar refractivity (Wildman–Crippen MR) is 96.4 cm³/mol. The molecule has 3 nitrogen and oxygen atoms in total. The topological polar surface area (TPSA) is 46.3 Å². The molecule has 0 aliphatic carbocycles. The van der Waals surface area contributed by atoms with Gasteiger partial charge in [0.1, 0.15) is 0 Å². The second-order valence-corrected chi connectivity index (χ2v) is 7.24. The third kappa shape index (κ3) is 4.57. The Hall–Kier alpha value is -1.35. The Labute approximate surface area is 141 Å². The molecule has 2 atom stereocenters. The van der Waals surface area contributed by atoms with Gasteiger partial charge in [-0.25, -0.2) is 0 Å². The normalized spacial score (nSPS) is 21.7. The van der Waals surface area contributed by atoms with Crippen molar-refractivity contribution in [2.24, 2.45) is 17.6 Å². The second kappa shape index (κ2) is 7.96. The van der Waals surface area contributed by atoms with Crippen molar-refractivity contribution in [1.29, 1.82) is 0 Å². The quantitative estimate of drug-likeness (QED) is 0.904. The van der Waals surface area contributed by atoms with Gasteiger partial charge in [0.15, 0.2) is 0 Å². The van der Waals surface area contributed by atoms with Gasteiger partial charge in [0, 0.05) is 25.0 Å². The Bertz CT molecular complexity index is 536. The SMILES string of the molecule is CCC(CC)C(=O)N1CC(N)CC(Cc2ccc(C)c(C)c2)C1. The molecule has 1 fully saturated rings. The first-order valence-corrected chi connectivity index (χ1v) is 9.05. The number of nitrogens with zero attached hydrogens (tertiary/aromatic N) is 1. The molecule has 1 aliphatic rings. The Morgan fingerprint density at radius 1 is 1.22 bits per heavy atom. The van der Waals surface area contributed by atoms with E-state index in [0.717, 1.165) is 38.8 Å². The van der Waals surface area contributed by atoms with Crippen LogP contribution in [0.5, 0.6) is 0 Å². The molecule has 3 heteroatoms. The van der Waals surface area contributed by atoms with Crippen molar-refractivity contribution in [1.82, 2.24) is 4.90 Å². The second-order valence-electron chi connectivity index (χ2n) is 7.24. The van der Waals surface area contributed by atoms with Gasteiger partial charge in [-0.05, 0) is 62.1 Å². The van der Waals surface area contributed by atoms with Crippen LogP contribution in [0.3, 0.4) is 0 Å². The van der Waals surface area contributed by atoms with Crippen LogP contribution in [0.25, 0.3) is 0 Å². The molecule has 1 aliphatic heterocycles. The average Bonchev–Trinajstić information content (AvgIpc) is 2.51. The van der Waals surface area contributed by atoms with Crippen LogP contribution in [0.1, 0.15) is 49.8 Å². The highest BCUT2D eigenvalue weighted by atomic mass is 16.2. The van der Waals surface area contributed by atoms with Gasteiger partial charge in [0.05, 0.1) is 0 Å². The lowest BCUT2D eigenvalue weighted by molar-refractivity contribution is -0.138. The average molecular weight is 316 g/mol. The first-order chi connectivity index (χ1) is 10.9. The van der Waals surface area contributed by atoms with E-state index in [1.54, 1.807) is 0 Å². The number of piperidine rings is 1. The van der Waals surface area contributed by atoms with Crippen LogP contribution in [0.4, 0.5) is 0 Å². The first kappa shape index (κ1) is 18.0. The summed E-state index contributed by atoms with van der Waals surface area (Å²) in [5, 5.41) is 0. The lowest BCUT2D eigenvalue weighted by atomic mass is 9.87. The minimum atomic E-state index is 0.110. The minimum Gasteiger partial charge on any atom is -0.341 e. The van der Waals surface area contributed by atoms with Gasteiger partial charge in [-0.15, -0.1) is 0 Å². The van der Waals surface area contributed by atoms with Crippen molar-refractivity contribution in [3.63, 3.8) is 0 Å². The molecule has 0 radical (unpaired) electrons. The summed E-state index contributed by atoms with van der Waals surface area (Å²) >= 11 is 0. The highest BCUT2D eigenvalue weighted by molar-refractivity contribution is 5.79. The van der Waals surface area contributed by atoms with Crippen molar-refractivity contribution in [2.45, 2.75) is 59.4 Å². The molecule has 23 heavy (non-hydrogen) atoms. The Balaban J connectivity index is 2.05. The van der Waals surface area contributed by atoms with Crippen molar-refractivity contribution in [3.8, 4) is 0 Å². The summed E-state index contributed by atoms with van der Waals surface area (Å²) in [6.07, 6.45) is 3.87. The molecular formula is C20H32N2O. The fourth-order valence-electron chi connectivity index (χ4n) is 3.73. The van der Waals surface area contributed by atoms with Crippen LogP contribution >= 0.6 is 0 Å². The number of nitrogens with two attached hydrogens (primary N) is 1. The highest BCUT2D eigenvalue weighted by Gasteiger charge is 2.30. The summed E-state index contributed by atoms with van der Waals surface area (Å²) in [7, 11) is 0. The predicted octanol–water partition coefficient (Wildman–Crippen LogP) is 3.46. The number of rotatable bonds is 5. The van der Waals surface area contributed by atoms with Gasteiger partial charge < -0.3 is 10.6 Å². The zero-order valence-corrected chi connectivity index (χ0v) is 15.1. The molecule has 0 bridgehead atoms. The molecule has 2 unspecified atom stereocenters. The summed E-state index contributed by atoms with van der Waals surface area (Å²) < 4.78 is 0. The number of hydrogen-bond acceptors (Lipinski definition) is 2. The van der Waals surface area contributed by atoms with E-state index in [9.17, 15) is 4.79 Å². The number of aryl methyl sites for hydroxylation is 2. The van der Waals surface area contributed by atoms with Gasteiger partial charge in [-0.2, -0.15) is 0 Å². The van der Waals surface area contributed by atoms with Crippen molar-refractivity contribution in [2.75, 3.05) is 13.1 Å². The first-order valence-electron chi connectivity index (χ1n) is 9.05. The third-order valence-electron chi connectivity index (χ3n) is 5.31. The van der Waals surface area contributed by atoms with E-state index in [4.69, 9.17) is 5.73 Å². The smallest absolute Gasteiger partial charge is 0.225 e. The molecular weight excluding hydrogens is 284 g/mol. The fourth-order valence-corrected chi connectivity index (χ4v) is 3.73. The third-order valence-corrected chi connectivity index (χ3v) is 5.31. The maximum absolute atomic E-state index is 12.7. The van der Waals surface area contributed by atoms with Crippen molar-refractivity contribution in [3.05, 3.63) is 34.9 Å². The number of carbonyl (C=O) groups excluding carboxylic acids is 1. The summed E-state index contributed by atoms with van der Waals surface area (Å²) in [6, 6.07) is 6.80. The van der Waals surface area contributed by atoms with Crippen LogP contribution in [0.15, 0.2) is 18.2 Å². The molecule has 1 heterocycles. The van der Waals surface area contributed by atoms with Gasteiger partial charge >= 0.3 is 0 Å². The van der Waals surface area contributed by atoms with Crippen molar-refractivity contribution >= 4 is 5.91 Å². The summed E-state index contributed by atoms with van der Waals surface area (Å²) in [4.78, 5) is 14.7. The van der Waals surface area contributed by atoms with E-state index in [2.05, 4.69) is 45.9 Å². The summed E-state index contributed by atoms with van der Waals surface area (Å²) in [5.41, 5.74) is 10.3. The van der Waals surface area contributed by atoms with E-state index in [1.165, 1.54) is 16.7 Å². The molecule has 1 saturated heterocycles. The van der Waals surface area contributed by atoms with Crippen LogP contribution in [-0.4, -0.2) is 29.9 Å². The van der Waals surface area contributed by atoms with Gasteiger partial charge in [0.25, 0.3) is 0 Å². The van der Waals surface area contributed by atoms with E-state index in [-0.39, 0.29) is 12.0 Å². The molecule has 0 aromatic heterocycles. The van der Waals surface area contributed by atoms with Crippen LogP contribution in [0.2, 0.25) is 0 Å². The molecule has 1 aromatic rings. The molecule has 0 saturated carbocycles. The monoisotopic (exact) mass is 316 g/mol. The Morgan fingerprint density at radius 3 is 2.52 bits per heavy atom. The standard InChI is InChI=1S/C20H32N2O/c1-5-18(6-2)20(23)22-12-17(11-19(21)13-22)10-16-8-7-14(3)15(4)9-16/h7-9,17-19H,5-6,10-13,21H2,1-4H3. The fraction of sp³-hybridized carbons (Fsp3) is 0.650. The Kier molecular flexibility index (Phi) is 6.23. The Morgan fingerprint density at radius 2 is 1.91 bits per heavy atom. The number of amides is 1. The van der Waals surface area contributed by atoms with Crippen molar-refractivity contribution < 1.29 is 4.79 Å². The van der Waals surface area contributed by atoms with E-state index in [1.807, 2.05) is 4.90 Å². The zero-order chi connectivity index (χ0) is 17.0. The minimum absolute atomic E-state index is 0.110. The molecule has 2 rings (SSSR count). The van der Waals surface area contributed by atoms with E-state index >= 15 is 0 Å². The van der Waals surface area contributed by atoms with Crippen LogP contribution < -0.4 is 5.73 Å². The molecule has 1 amide bonds. The molecule has 1 aromatic carbocycles. The summed E-state index contributed by atoms with van der Waals surface area (Å²) in [6.45, 7) is 10.1.